The van der Waals surface area contributed by atoms with E-state index in [0.29, 0.717) is 34.2 Å². The van der Waals surface area contributed by atoms with Crippen molar-refractivity contribution in [1.29, 1.82) is 0 Å². The number of aromatic amines is 1. The Bertz CT molecular complexity index is 1700. The molecule has 0 bridgehead atoms. The number of nitrogens with zero attached hydrogens (tertiary/aromatic N) is 5. The lowest BCUT2D eigenvalue weighted by Crippen LogP contribution is -2.20. The second kappa shape index (κ2) is 7.93. The van der Waals surface area contributed by atoms with E-state index in [1.54, 1.807) is 0 Å². The molecule has 164 valence electrons. The highest BCUT2D eigenvalue weighted by Crippen LogP contribution is 2.28. The Kier molecular flexibility index (Phi) is 4.62. The van der Waals surface area contributed by atoms with Gasteiger partial charge in [0.05, 0.1) is 16.7 Å². The first-order chi connectivity index (χ1) is 16.7. The number of fused-ring (bicyclic) bond motifs is 2. The number of para-hydroxylation sites is 1. The molecule has 0 spiro atoms. The number of nitrogens with one attached hydrogen (secondary N) is 2. The monoisotopic (exact) mass is 445 g/mol. The van der Waals surface area contributed by atoms with E-state index in [0.717, 1.165) is 22.0 Å². The van der Waals surface area contributed by atoms with Crippen molar-refractivity contribution in [1.82, 2.24) is 29.9 Å². The van der Waals surface area contributed by atoms with Crippen LogP contribution >= 0.6 is 0 Å². The number of H-pyrrole nitrogens is 1. The zero-order valence-electron chi connectivity index (χ0n) is 18.2. The van der Waals surface area contributed by atoms with Crippen molar-refractivity contribution < 1.29 is 0 Å². The minimum absolute atomic E-state index is 0.245. The van der Waals surface area contributed by atoms with Crippen LogP contribution in [0.3, 0.4) is 0 Å². The topological polar surface area (TPSA) is 101 Å². The first kappa shape index (κ1) is 19.8. The summed E-state index contributed by atoms with van der Waals surface area (Å²) in [4.78, 5) is 22.2. The number of aromatic nitrogens is 6. The van der Waals surface area contributed by atoms with Gasteiger partial charge in [0.25, 0.3) is 5.56 Å². The molecule has 34 heavy (non-hydrogen) atoms. The molecule has 8 nitrogen and oxygen atoms in total. The molecule has 0 aliphatic heterocycles. The van der Waals surface area contributed by atoms with Crippen LogP contribution in [0.2, 0.25) is 0 Å². The molecule has 0 aliphatic carbocycles. The molecule has 0 amide bonds. The third-order valence-corrected chi connectivity index (χ3v) is 5.59. The third kappa shape index (κ3) is 3.47. The molecule has 3 aromatic carbocycles. The second-order valence-corrected chi connectivity index (χ2v) is 7.97. The predicted octanol–water partition coefficient (Wildman–Crippen LogP) is 4.77. The number of anilines is 2. The molecule has 0 saturated carbocycles. The zero-order chi connectivity index (χ0) is 23.1. The van der Waals surface area contributed by atoms with Crippen molar-refractivity contribution in [2.24, 2.45) is 0 Å². The maximum Gasteiger partial charge on any atom is 0.273 e. The van der Waals surface area contributed by atoms with Gasteiger partial charge in [-0.2, -0.15) is 14.9 Å². The summed E-state index contributed by atoms with van der Waals surface area (Å²) in [7, 11) is 0. The Morgan fingerprint density at radius 3 is 2.44 bits per heavy atom. The van der Waals surface area contributed by atoms with Gasteiger partial charge >= 0.3 is 0 Å². The van der Waals surface area contributed by atoms with Crippen molar-refractivity contribution >= 4 is 33.6 Å². The molecule has 2 N–H and O–H groups in total. The summed E-state index contributed by atoms with van der Waals surface area (Å²) in [6.45, 7) is 2.00. The predicted molar refractivity (Wildman–Crippen MR) is 132 cm³/mol. The van der Waals surface area contributed by atoms with Crippen LogP contribution in [-0.2, 0) is 0 Å². The van der Waals surface area contributed by atoms with Crippen LogP contribution < -0.4 is 10.9 Å². The Balaban J connectivity index is 1.49. The fourth-order valence-electron chi connectivity index (χ4n) is 3.84. The van der Waals surface area contributed by atoms with Crippen LogP contribution in [0.1, 0.15) is 5.56 Å². The average molecular weight is 445 g/mol. The molecule has 6 rings (SSSR count). The summed E-state index contributed by atoms with van der Waals surface area (Å²) < 4.78 is 1.37. The maximum absolute atomic E-state index is 12.7. The minimum atomic E-state index is -0.245. The molecule has 0 atom stereocenters. The van der Waals surface area contributed by atoms with Crippen molar-refractivity contribution in [3.05, 3.63) is 101 Å². The molecule has 0 radical (unpaired) electrons. The standard InChI is InChI=1S/C26H19N7O/c1-16-11-13-18(14-12-16)33-22(34)15-21-23(32-33)26(31-30-21)29-25-19-9-5-6-10-20(19)27-24(28-25)17-7-3-2-4-8-17/h2-15,30H,1H3,(H,27,28,29,31). The summed E-state index contributed by atoms with van der Waals surface area (Å²) in [5.41, 5.74) is 4.33. The van der Waals surface area contributed by atoms with E-state index in [-0.39, 0.29) is 5.56 Å². The number of benzene rings is 3. The van der Waals surface area contributed by atoms with Crippen LogP contribution in [0.4, 0.5) is 11.6 Å². The highest BCUT2D eigenvalue weighted by atomic mass is 16.1. The van der Waals surface area contributed by atoms with E-state index < -0.39 is 0 Å². The van der Waals surface area contributed by atoms with Gasteiger partial charge in [-0.1, -0.05) is 60.2 Å². The van der Waals surface area contributed by atoms with Gasteiger partial charge in [-0.3, -0.25) is 9.89 Å². The summed E-state index contributed by atoms with van der Waals surface area (Å²) in [5.74, 6) is 1.68. The van der Waals surface area contributed by atoms with E-state index >= 15 is 0 Å². The minimum Gasteiger partial charge on any atom is -0.321 e. The van der Waals surface area contributed by atoms with Crippen LogP contribution in [0.15, 0.2) is 89.7 Å². The van der Waals surface area contributed by atoms with E-state index in [2.05, 4.69) is 20.6 Å². The van der Waals surface area contributed by atoms with Gasteiger partial charge < -0.3 is 5.32 Å². The number of aryl methyl sites for hydroxylation is 1. The normalized spacial score (nSPS) is 11.2. The van der Waals surface area contributed by atoms with Gasteiger partial charge in [0.2, 0.25) is 0 Å². The summed E-state index contributed by atoms with van der Waals surface area (Å²) >= 11 is 0. The van der Waals surface area contributed by atoms with E-state index in [4.69, 9.17) is 9.97 Å². The van der Waals surface area contributed by atoms with Crippen LogP contribution in [0, 0.1) is 6.92 Å². The summed E-state index contributed by atoms with van der Waals surface area (Å²) in [6, 6.07) is 26.7. The van der Waals surface area contributed by atoms with E-state index in [1.165, 1.54) is 10.7 Å². The van der Waals surface area contributed by atoms with E-state index in [1.807, 2.05) is 85.8 Å². The first-order valence-electron chi connectivity index (χ1n) is 10.8. The third-order valence-electron chi connectivity index (χ3n) is 5.59. The van der Waals surface area contributed by atoms with Crippen molar-refractivity contribution in [2.75, 3.05) is 5.32 Å². The Morgan fingerprint density at radius 1 is 0.853 bits per heavy atom. The SMILES string of the molecule is Cc1ccc(-n2nc3c(Nc4nc(-c5ccccc5)nc5ccccc45)n[nH]c3cc2=O)cc1. The average Bonchev–Trinajstić information content (AvgIpc) is 3.25. The summed E-state index contributed by atoms with van der Waals surface area (Å²) in [5, 5.41) is 16.0. The van der Waals surface area contributed by atoms with Crippen LogP contribution in [0.5, 0.6) is 0 Å². The Hall–Kier alpha value is -4.85. The smallest absolute Gasteiger partial charge is 0.273 e. The van der Waals surface area contributed by atoms with Crippen LogP contribution in [0.25, 0.3) is 39.0 Å². The Morgan fingerprint density at radius 2 is 1.62 bits per heavy atom. The molecule has 0 aliphatic rings. The lowest BCUT2D eigenvalue weighted by Gasteiger charge is -2.10. The number of hydrogen-bond donors (Lipinski definition) is 2. The molecule has 3 heterocycles. The first-order valence-corrected chi connectivity index (χ1v) is 10.8. The molecule has 3 aromatic heterocycles. The highest BCUT2D eigenvalue weighted by molar-refractivity contribution is 5.95. The second-order valence-electron chi connectivity index (χ2n) is 7.97. The largest absolute Gasteiger partial charge is 0.321 e. The molecule has 0 fully saturated rings. The molecular formula is C26H19N7O. The lowest BCUT2D eigenvalue weighted by atomic mass is 10.2. The lowest BCUT2D eigenvalue weighted by molar-refractivity contribution is 0.832. The zero-order valence-corrected chi connectivity index (χ0v) is 18.2. The molecule has 8 heteroatoms. The van der Waals surface area contributed by atoms with Gasteiger partial charge in [-0.15, -0.1) is 0 Å². The van der Waals surface area contributed by atoms with Gasteiger partial charge in [0.1, 0.15) is 5.82 Å². The van der Waals surface area contributed by atoms with E-state index in [9.17, 15) is 4.79 Å². The van der Waals surface area contributed by atoms with Crippen molar-refractivity contribution in [3.8, 4) is 17.1 Å². The highest BCUT2D eigenvalue weighted by Gasteiger charge is 2.15. The maximum atomic E-state index is 12.7. The number of hydrogen-bond acceptors (Lipinski definition) is 6. The number of rotatable bonds is 4. The van der Waals surface area contributed by atoms with Gasteiger partial charge in [0.15, 0.2) is 17.2 Å². The van der Waals surface area contributed by atoms with Crippen molar-refractivity contribution in [2.45, 2.75) is 6.92 Å². The fraction of sp³-hybridized carbons (Fsp3) is 0.0385. The molecule has 0 unspecified atom stereocenters. The van der Waals surface area contributed by atoms with Gasteiger partial charge in [0, 0.05) is 17.0 Å². The van der Waals surface area contributed by atoms with Crippen molar-refractivity contribution in [3.63, 3.8) is 0 Å². The van der Waals surface area contributed by atoms with Gasteiger partial charge in [-0.25, -0.2) is 9.97 Å². The summed E-state index contributed by atoms with van der Waals surface area (Å²) in [6.07, 6.45) is 0. The Labute approximate surface area is 193 Å². The van der Waals surface area contributed by atoms with Crippen LogP contribution in [-0.4, -0.2) is 29.9 Å². The van der Waals surface area contributed by atoms with Gasteiger partial charge in [-0.05, 0) is 31.2 Å². The molecule has 0 saturated heterocycles. The molecule has 6 aromatic rings. The fourth-order valence-corrected chi connectivity index (χ4v) is 3.84. The molecular weight excluding hydrogens is 426 g/mol. The quantitative estimate of drug-likeness (QED) is 0.405.